The Kier molecular flexibility index (Phi) is 9.13. The quantitative estimate of drug-likeness (QED) is 0.448. The van der Waals surface area contributed by atoms with E-state index in [1.165, 1.54) is 9.80 Å². The Labute approximate surface area is 247 Å². The number of carbonyl (C=O) groups is 4. The number of carbonyl (C=O) groups excluding carboxylic acids is 4. The van der Waals surface area contributed by atoms with Gasteiger partial charge in [-0.3, -0.25) is 19.4 Å². The number of hydrogen-bond donors (Lipinski definition) is 2. The van der Waals surface area contributed by atoms with Crippen LogP contribution in [0.1, 0.15) is 67.2 Å². The summed E-state index contributed by atoms with van der Waals surface area (Å²) in [6.45, 7) is 11.8. The van der Waals surface area contributed by atoms with Crippen LogP contribution in [-0.4, -0.2) is 70.2 Å². The number of amides is 4. The van der Waals surface area contributed by atoms with Crippen LogP contribution in [0.4, 0.5) is 21.0 Å². The number of rotatable bonds is 5. The van der Waals surface area contributed by atoms with E-state index >= 15 is 0 Å². The van der Waals surface area contributed by atoms with Crippen molar-refractivity contribution in [2.24, 2.45) is 0 Å². The van der Waals surface area contributed by atoms with Gasteiger partial charge >= 0.3 is 12.2 Å². The van der Waals surface area contributed by atoms with Crippen molar-refractivity contribution < 1.29 is 28.7 Å². The first-order valence-corrected chi connectivity index (χ1v) is 14.5. The van der Waals surface area contributed by atoms with Crippen molar-refractivity contribution in [3.63, 3.8) is 0 Å². The molecule has 10 nitrogen and oxygen atoms in total. The third-order valence-electron chi connectivity index (χ3n) is 7.01. The molecule has 0 saturated carbocycles. The number of benzene rings is 2. The van der Waals surface area contributed by atoms with E-state index < -0.39 is 35.5 Å². The minimum atomic E-state index is -0.626. The van der Waals surface area contributed by atoms with Crippen LogP contribution >= 0.6 is 0 Å². The van der Waals surface area contributed by atoms with Gasteiger partial charge in [-0.1, -0.05) is 24.3 Å². The molecule has 0 aliphatic carbocycles. The van der Waals surface area contributed by atoms with Gasteiger partial charge in [-0.15, -0.1) is 0 Å². The maximum atomic E-state index is 13.0. The highest BCUT2D eigenvalue weighted by atomic mass is 16.6. The summed E-state index contributed by atoms with van der Waals surface area (Å²) in [5, 5.41) is 5.84. The third kappa shape index (κ3) is 8.02. The highest BCUT2D eigenvalue weighted by Crippen LogP contribution is 2.27. The van der Waals surface area contributed by atoms with Gasteiger partial charge < -0.3 is 20.1 Å². The molecule has 2 N–H and O–H groups in total. The molecule has 2 aromatic rings. The SMILES string of the molecule is CC(C)(C)OC(=O)N1CCC[C@@H]1C(=O)Nc1ccc(-c2ccc(NC(=O)[C@H]3CCCN3C(=O)OC(C)(C)C)cc2)cc1. The molecule has 2 saturated heterocycles. The van der Waals surface area contributed by atoms with Gasteiger partial charge in [0.1, 0.15) is 23.3 Å². The average Bonchev–Trinajstić information content (AvgIpc) is 3.58. The van der Waals surface area contributed by atoms with Gasteiger partial charge in [0, 0.05) is 24.5 Å². The summed E-state index contributed by atoms with van der Waals surface area (Å²) in [7, 11) is 0. The van der Waals surface area contributed by atoms with Crippen molar-refractivity contribution in [2.75, 3.05) is 23.7 Å². The second-order valence-electron chi connectivity index (χ2n) is 12.8. The number of hydrogen-bond acceptors (Lipinski definition) is 6. The standard InChI is InChI=1S/C32H42N4O6/c1-31(2,3)41-29(39)35-19-7-9-25(35)27(37)33-23-15-11-21(12-16-23)22-13-17-24(18-14-22)34-28(38)26-10-8-20-36(26)30(40)42-32(4,5)6/h11-18,25-26H,7-10,19-20H2,1-6H3,(H,33,37)(H,34,38)/t25-,26-/m1/s1. The molecule has 0 radical (unpaired) electrons. The van der Waals surface area contributed by atoms with Crippen molar-refractivity contribution >= 4 is 35.4 Å². The molecule has 4 rings (SSSR count). The van der Waals surface area contributed by atoms with E-state index in [4.69, 9.17) is 9.47 Å². The predicted molar refractivity (Wildman–Crippen MR) is 161 cm³/mol. The van der Waals surface area contributed by atoms with Crippen LogP contribution in [0.3, 0.4) is 0 Å². The molecule has 10 heteroatoms. The van der Waals surface area contributed by atoms with Gasteiger partial charge in [-0.05, 0) is 103 Å². The summed E-state index contributed by atoms with van der Waals surface area (Å²) in [6, 6.07) is 13.8. The lowest BCUT2D eigenvalue weighted by Crippen LogP contribution is -2.45. The van der Waals surface area contributed by atoms with Gasteiger partial charge in [-0.25, -0.2) is 9.59 Å². The number of nitrogens with zero attached hydrogens (tertiary/aromatic N) is 2. The first kappa shape index (κ1) is 30.9. The Morgan fingerprint density at radius 3 is 1.26 bits per heavy atom. The van der Waals surface area contributed by atoms with E-state index in [9.17, 15) is 19.2 Å². The number of ether oxygens (including phenoxy) is 2. The van der Waals surface area contributed by atoms with E-state index in [2.05, 4.69) is 10.6 Å². The first-order valence-electron chi connectivity index (χ1n) is 14.5. The molecule has 2 atom stereocenters. The fourth-order valence-corrected chi connectivity index (χ4v) is 5.10. The fraction of sp³-hybridized carbons (Fsp3) is 0.500. The molecule has 0 aromatic heterocycles. The minimum absolute atomic E-state index is 0.237. The Hall–Kier alpha value is -4.08. The van der Waals surface area contributed by atoms with Crippen LogP contribution in [0, 0.1) is 0 Å². The zero-order valence-corrected chi connectivity index (χ0v) is 25.4. The maximum absolute atomic E-state index is 13.0. The smallest absolute Gasteiger partial charge is 0.410 e. The molecule has 2 aliphatic rings. The summed E-state index contributed by atoms with van der Waals surface area (Å²) >= 11 is 0. The number of likely N-dealkylation sites (tertiary alicyclic amines) is 2. The summed E-state index contributed by atoms with van der Waals surface area (Å²) in [6.07, 6.45) is 1.72. The molecular weight excluding hydrogens is 536 g/mol. The van der Waals surface area contributed by atoms with Crippen molar-refractivity contribution in [1.29, 1.82) is 0 Å². The van der Waals surface area contributed by atoms with Gasteiger partial charge in [-0.2, -0.15) is 0 Å². The molecule has 2 heterocycles. The lowest BCUT2D eigenvalue weighted by atomic mass is 10.0. The topological polar surface area (TPSA) is 117 Å². The van der Waals surface area contributed by atoms with Crippen LogP contribution < -0.4 is 10.6 Å². The highest BCUT2D eigenvalue weighted by Gasteiger charge is 2.37. The lowest BCUT2D eigenvalue weighted by Gasteiger charge is -2.28. The van der Waals surface area contributed by atoms with Gasteiger partial charge in [0.25, 0.3) is 0 Å². The Morgan fingerprint density at radius 2 is 0.952 bits per heavy atom. The minimum Gasteiger partial charge on any atom is -0.444 e. The zero-order chi connectivity index (χ0) is 30.7. The van der Waals surface area contributed by atoms with E-state index in [-0.39, 0.29) is 11.8 Å². The van der Waals surface area contributed by atoms with E-state index in [1.54, 1.807) is 41.5 Å². The van der Waals surface area contributed by atoms with E-state index in [1.807, 2.05) is 48.5 Å². The Balaban J connectivity index is 1.33. The zero-order valence-electron chi connectivity index (χ0n) is 25.4. The van der Waals surface area contributed by atoms with E-state index in [0.717, 1.165) is 24.0 Å². The number of nitrogens with one attached hydrogen (secondary N) is 2. The fourth-order valence-electron chi connectivity index (χ4n) is 5.10. The van der Waals surface area contributed by atoms with Crippen molar-refractivity contribution in [2.45, 2.75) is 90.5 Å². The molecule has 226 valence electrons. The summed E-state index contributed by atoms with van der Waals surface area (Å²) in [5.74, 6) is -0.475. The van der Waals surface area contributed by atoms with Crippen LogP contribution in [0.5, 0.6) is 0 Å². The predicted octanol–water partition coefficient (Wildman–Crippen LogP) is 6.03. The van der Waals surface area contributed by atoms with Crippen LogP contribution in [0.2, 0.25) is 0 Å². The molecule has 42 heavy (non-hydrogen) atoms. The largest absolute Gasteiger partial charge is 0.444 e. The molecular formula is C32H42N4O6. The summed E-state index contributed by atoms with van der Waals surface area (Å²) in [4.78, 5) is 54.0. The molecule has 2 aliphatic heterocycles. The van der Waals surface area contributed by atoms with Gasteiger partial charge in [0.2, 0.25) is 11.8 Å². The van der Waals surface area contributed by atoms with Crippen molar-refractivity contribution in [3.05, 3.63) is 48.5 Å². The summed E-state index contributed by atoms with van der Waals surface area (Å²) < 4.78 is 10.9. The van der Waals surface area contributed by atoms with Crippen LogP contribution in [-0.2, 0) is 19.1 Å². The van der Waals surface area contributed by atoms with Crippen LogP contribution in [0.25, 0.3) is 11.1 Å². The van der Waals surface area contributed by atoms with E-state index in [0.29, 0.717) is 37.3 Å². The maximum Gasteiger partial charge on any atom is 0.410 e. The molecule has 0 spiro atoms. The third-order valence-corrected chi connectivity index (χ3v) is 7.01. The normalized spacial score (nSPS) is 18.9. The highest BCUT2D eigenvalue weighted by molar-refractivity contribution is 5.98. The molecule has 2 fully saturated rings. The Morgan fingerprint density at radius 1 is 0.619 bits per heavy atom. The second-order valence-corrected chi connectivity index (χ2v) is 12.8. The average molecular weight is 579 g/mol. The molecule has 2 aromatic carbocycles. The van der Waals surface area contributed by atoms with Gasteiger partial charge in [0.15, 0.2) is 0 Å². The number of anilines is 2. The van der Waals surface area contributed by atoms with Crippen LogP contribution in [0.15, 0.2) is 48.5 Å². The monoisotopic (exact) mass is 578 g/mol. The lowest BCUT2D eigenvalue weighted by molar-refractivity contribution is -0.121. The molecule has 4 amide bonds. The van der Waals surface area contributed by atoms with Crippen molar-refractivity contribution in [1.82, 2.24) is 9.80 Å². The first-order chi connectivity index (χ1) is 19.7. The Bertz CT molecular complexity index is 1190. The summed E-state index contributed by atoms with van der Waals surface area (Å²) in [5.41, 5.74) is 1.89. The second kappa shape index (κ2) is 12.4. The molecule has 0 bridgehead atoms. The molecule has 0 unspecified atom stereocenters. The van der Waals surface area contributed by atoms with Gasteiger partial charge in [0.05, 0.1) is 0 Å². The van der Waals surface area contributed by atoms with Crippen molar-refractivity contribution in [3.8, 4) is 11.1 Å².